The predicted octanol–water partition coefficient (Wildman–Crippen LogP) is 2.82. The van der Waals surface area contributed by atoms with Gasteiger partial charge in [0.2, 0.25) is 0 Å². The number of phenolic OH excluding ortho intramolecular Hbond substituents is 1. The number of hydrogen-bond donors (Lipinski definition) is 2. The number of aromatic hydroxyl groups is 1. The summed E-state index contributed by atoms with van der Waals surface area (Å²) < 4.78 is 10.2. The van der Waals surface area contributed by atoms with E-state index in [4.69, 9.17) is 9.47 Å². The van der Waals surface area contributed by atoms with Gasteiger partial charge in [0.1, 0.15) is 17.1 Å². The summed E-state index contributed by atoms with van der Waals surface area (Å²) in [4.78, 5) is 24.4. The molecule has 2 atom stereocenters. The minimum absolute atomic E-state index is 0.0601. The molecule has 2 N–H and O–H groups in total. The Hall–Kier alpha value is -3.02. The summed E-state index contributed by atoms with van der Waals surface area (Å²) in [6, 6.07) is 13.4. The van der Waals surface area contributed by atoms with Gasteiger partial charge in [-0.1, -0.05) is 30.3 Å². The lowest BCUT2D eigenvalue weighted by Crippen LogP contribution is -2.37. The largest absolute Gasteiger partial charge is 0.507 e. The molecule has 6 heteroatoms. The molecule has 2 rings (SSSR count). The smallest absolute Gasteiger partial charge is 0.342 e. The van der Waals surface area contributed by atoms with Gasteiger partial charge in [0, 0.05) is 0 Å². The number of methoxy groups -OCH3 is 1. The van der Waals surface area contributed by atoms with Gasteiger partial charge in [-0.3, -0.25) is 4.79 Å². The van der Waals surface area contributed by atoms with Crippen molar-refractivity contribution < 1.29 is 24.2 Å². The molecule has 0 aliphatic carbocycles. The van der Waals surface area contributed by atoms with Gasteiger partial charge < -0.3 is 19.9 Å². The zero-order valence-corrected chi connectivity index (χ0v) is 14.4. The van der Waals surface area contributed by atoms with E-state index in [0.717, 1.165) is 5.56 Å². The molecule has 0 saturated carbocycles. The number of phenols is 1. The van der Waals surface area contributed by atoms with Crippen molar-refractivity contribution in [3.05, 3.63) is 59.7 Å². The minimum atomic E-state index is -1.01. The van der Waals surface area contributed by atoms with E-state index in [-0.39, 0.29) is 17.4 Å². The van der Waals surface area contributed by atoms with Gasteiger partial charge in [0.05, 0.1) is 13.2 Å². The van der Waals surface area contributed by atoms with Crippen molar-refractivity contribution in [1.29, 1.82) is 0 Å². The van der Waals surface area contributed by atoms with Crippen molar-refractivity contribution in [3.63, 3.8) is 0 Å². The number of ether oxygens (including phenoxy) is 2. The van der Waals surface area contributed by atoms with E-state index in [9.17, 15) is 14.7 Å². The van der Waals surface area contributed by atoms with Gasteiger partial charge in [-0.05, 0) is 37.6 Å². The summed E-state index contributed by atoms with van der Waals surface area (Å²) in [7, 11) is 1.45. The number of esters is 1. The van der Waals surface area contributed by atoms with Gasteiger partial charge >= 0.3 is 5.97 Å². The zero-order valence-electron chi connectivity index (χ0n) is 14.4. The van der Waals surface area contributed by atoms with Crippen LogP contribution in [-0.2, 0) is 9.53 Å². The fourth-order valence-corrected chi connectivity index (χ4v) is 2.24. The lowest BCUT2D eigenvalue weighted by Gasteiger charge is -2.18. The van der Waals surface area contributed by atoms with E-state index in [1.54, 1.807) is 0 Å². The average molecular weight is 343 g/mol. The maximum absolute atomic E-state index is 12.2. The molecule has 2 unspecified atom stereocenters. The number of carbonyl (C=O) groups excluding carboxylic acids is 2. The Kier molecular flexibility index (Phi) is 6.00. The summed E-state index contributed by atoms with van der Waals surface area (Å²) in [5, 5.41) is 12.6. The Balaban J connectivity index is 2.00. The van der Waals surface area contributed by atoms with Crippen LogP contribution in [0.25, 0.3) is 0 Å². The highest BCUT2D eigenvalue weighted by Gasteiger charge is 2.22. The fourth-order valence-electron chi connectivity index (χ4n) is 2.24. The van der Waals surface area contributed by atoms with E-state index in [1.807, 2.05) is 37.3 Å². The van der Waals surface area contributed by atoms with Crippen LogP contribution >= 0.6 is 0 Å². The highest BCUT2D eigenvalue weighted by atomic mass is 16.5. The molecular weight excluding hydrogens is 322 g/mol. The van der Waals surface area contributed by atoms with Crippen molar-refractivity contribution in [1.82, 2.24) is 5.32 Å². The molecule has 2 aromatic carbocycles. The zero-order chi connectivity index (χ0) is 18.4. The van der Waals surface area contributed by atoms with E-state index < -0.39 is 18.0 Å². The van der Waals surface area contributed by atoms with Crippen molar-refractivity contribution in [2.24, 2.45) is 0 Å². The number of rotatable bonds is 6. The van der Waals surface area contributed by atoms with Crippen molar-refractivity contribution >= 4 is 11.9 Å². The number of nitrogens with one attached hydrogen (secondary N) is 1. The van der Waals surface area contributed by atoms with E-state index in [2.05, 4.69) is 5.32 Å². The van der Waals surface area contributed by atoms with Crippen LogP contribution in [0.3, 0.4) is 0 Å². The second-order valence-corrected chi connectivity index (χ2v) is 5.57. The summed E-state index contributed by atoms with van der Waals surface area (Å²) in [5.74, 6) is -1.06. The predicted molar refractivity (Wildman–Crippen MR) is 92.5 cm³/mol. The molecule has 6 nitrogen and oxygen atoms in total. The molecule has 2 aromatic rings. The Morgan fingerprint density at radius 2 is 1.76 bits per heavy atom. The highest BCUT2D eigenvalue weighted by molar-refractivity contribution is 5.95. The first-order chi connectivity index (χ1) is 11.9. The maximum atomic E-state index is 12.2. The normalized spacial score (nSPS) is 12.8. The van der Waals surface area contributed by atoms with Crippen LogP contribution in [0.2, 0.25) is 0 Å². The summed E-state index contributed by atoms with van der Waals surface area (Å²) >= 11 is 0. The van der Waals surface area contributed by atoms with Gasteiger partial charge in [-0.2, -0.15) is 0 Å². The Morgan fingerprint density at radius 1 is 1.08 bits per heavy atom. The number of carbonyl (C=O) groups is 2. The second-order valence-electron chi connectivity index (χ2n) is 5.57. The van der Waals surface area contributed by atoms with Crippen LogP contribution in [0.4, 0.5) is 0 Å². The average Bonchev–Trinajstić information content (AvgIpc) is 2.62. The third-order valence-corrected chi connectivity index (χ3v) is 3.74. The van der Waals surface area contributed by atoms with Crippen LogP contribution in [0, 0.1) is 0 Å². The molecule has 0 aliphatic heterocycles. The van der Waals surface area contributed by atoms with Crippen LogP contribution in [0.1, 0.15) is 35.8 Å². The SMILES string of the molecule is COc1ccc(O)c(C(=O)OC(C)C(=O)NC(C)c2ccccc2)c1. The van der Waals surface area contributed by atoms with Crippen LogP contribution in [0.5, 0.6) is 11.5 Å². The molecule has 1 amide bonds. The summed E-state index contributed by atoms with van der Waals surface area (Å²) in [5.41, 5.74) is 0.884. The Morgan fingerprint density at radius 3 is 2.40 bits per heavy atom. The molecular formula is C19H21NO5. The van der Waals surface area contributed by atoms with Crippen LogP contribution in [0.15, 0.2) is 48.5 Å². The van der Waals surface area contributed by atoms with Gasteiger partial charge in [-0.15, -0.1) is 0 Å². The van der Waals surface area contributed by atoms with Crippen molar-refractivity contribution in [3.8, 4) is 11.5 Å². The monoisotopic (exact) mass is 343 g/mol. The third kappa shape index (κ3) is 4.73. The lowest BCUT2D eigenvalue weighted by molar-refractivity contribution is -0.129. The molecule has 0 aliphatic rings. The highest BCUT2D eigenvalue weighted by Crippen LogP contribution is 2.24. The third-order valence-electron chi connectivity index (χ3n) is 3.74. The van der Waals surface area contributed by atoms with Gasteiger partial charge in [0.15, 0.2) is 6.10 Å². The molecule has 132 valence electrons. The van der Waals surface area contributed by atoms with Gasteiger partial charge in [-0.25, -0.2) is 4.79 Å². The quantitative estimate of drug-likeness (QED) is 0.788. The topological polar surface area (TPSA) is 84.9 Å². The Labute approximate surface area is 146 Å². The standard InChI is InChI=1S/C19H21NO5/c1-12(14-7-5-4-6-8-14)20-18(22)13(2)25-19(23)16-11-15(24-3)9-10-17(16)21/h4-13,21H,1-3H3,(H,20,22). The maximum Gasteiger partial charge on any atom is 0.342 e. The van der Waals surface area contributed by atoms with Crippen LogP contribution in [-0.4, -0.2) is 30.2 Å². The molecule has 0 spiro atoms. The van der Waals surface area contributed by atoms with E-state index in [0.29, 0.717) is 5.75 Å². The minimum Gasteiger partial charge on any atom is -0.507 e. The summed E-state index contributed by atoms with van der Waals surface area (Å²) in [6.45, 7) is 3.32. The molecule has 0 bridgehead atoms. The molecule has 0 heterocycles. The molecule has 0 aromatic heterocycles. The van der Waals surface area contributed by atoms with E-state index >= 15 is 0 Å². The number of amides is 1. The van der Waals surface area contributed by atoms with Crippen molar-refractivity contribution in [2.75, 3.05) is 7.11 Å². The fraction of sp³-hybridized carbons (Fsp3) is 0.263. The number of hydrogen-bond acceptors (Lipinski definition) is 5. The summed E-state index contributed by atoms with van der Waals surface area (Å²) in [6.07, 6.45) is -1.01. The van der Waals surface area contributed by atoms with Crippen LogP contribution < -0.4 is 10.1 Å². The van der Waals surface area contributed by atoms with Crippen molar-refractivity contribution in [2.45, 2.75) is 26.0 Å². The van der Waals surface area contributed by atoms with E-state index in [1.165, 1.54) is 32.2 Å². The lowest BCUT2D eigenvalue weighted by atomic mass is 10.1. The molecule has 0 saturated heterocycles. The number of benzene rings is 2. The second kappa shape index (κ2) is 8.19. The van der Waals surface area contributed by atoms with Gasteiger partial charge in [0.25, 0.3) is 5.91 Å². The molecule has 25 heavy (non-hydrogen) atoms. The first-order valence-electron chi connectivity index (χ1n) is 7.85. The first-order valence-corrected chi connectivity index (χ1v) is 7.85. The first kappa shape index (κ1) is 18.3. The Bertz CT molecular complexity index is 745. The molecule has 0 fully saturated rings. The molecule has 0 radical (unpaired) electrons.